The van der Waals surface area contributed by atoms with E-state index < -0.39 is 0 Å². The first-order chi connectivity index (χ1) is 7.26. The number of nitrogens with two attached hydrogens (primary N) is 1. The minimum absolute atomic E-state index is 0. The number of rotatable bonds is 3. The summed E-state index contributed by atoms with van der Waals surface area (Å²) in [6, 6.07) is 3.81. The second-order valence-electron chi connectivity index (χ2n) is 3.18. The van der Waals surface area contributed by atoms with Crippen molar-refractivity contribution in [2.75, 3.05) is 13.7 Å². The van der Waals surface area contributed by atoms with E-state index in [1.54, 1.807) is 7.11 Å². The van der Waals surface area contributed by atoms with Crippen LogP contribution in [0.25, 0.3) is 10.2 Å². The monoisotopic (exact) mass is 260 g/mol. The van der Waals surface area contributed by atoms with E-state index in [-0.39, 0.29) is 17.3 Å². The zero-order valence-corrected chi connectivity index (χ0v) is 10.4. The van der Waals surface area contributed by atoms with Crippen LogP contribution in [0.3, 0.4) is 0 Å². The van der Waals surface area contributed by atoms with Crippen LogP contribution in [0.1, 0.15) is 5.56 Å². The fraction of sp³-hybridized carbons (Fsp3) is 0.300. The van der Waals surface area contributed by atoms with Gasteiger partial charge >= 0.3 is 4.87 Å². The van der Waals surface area contributed by atoms with Crippen LogP contribution in [0.4, 0.5) is 0 Å². The summed E-state index contributed by atoms with van der Waals surface area (Å²) < 4.78 is 6.13. The van der Waals surface area contributed by atoms with Gasteiger partial charge in [0, 0.05) is 0 Å². The highest BCUT2D eigenvalue weighted by Gasteiger charge is 2.09. The summed E-state index contributed by atoms with van der Waals surface area (Å²) in [4.78, 5) is 14.0. The summed E-state index contributed by atoms with van der Waals surface area (Å²) in [7, 11) is 1.59. The highest BCUT2D eigenvalue weighted by molar-refractivity contribution is 7.16. The third-order valence-electron chi connectivity index (χ3n) is 2.26. The Morgan fingerprint density at radius 3 is 2.88 bits per heavy atom. The van der Waals surface area contributed by atoms with Crippen molar-refractivity contribution in [1.29, 1.82) is 0 Å². The first kappa shape index (κ1) is 13.0. The van der Waals surface area contributed by atoms with Crippen molar-refractivity contribution in [3.8, 4) is 5.75 Å². The summed E-state index contributed by atoms with van der Waals surface area (Å²) >= 11 is 1.20. The molecule has 4 nitrogen and oxygen atoms in total. The van der Waals surface area contributed by atoms with Crippen molar-refractivity contribution in [1.82, 2.24) is 4.98 Å². The number of aromatic nitrogens is 1. The van der Waals surface area contributed by atoms with E-state index in [2.05, 4.69) is 4.98 Å². The minimum Gasteiger partial charge on any atom is -0.495 e. The molecule has 0 aliphatic carbocycles. The molecule has 16 heavy (non-hydrogen) atoms. The summed E-state index contributed by atoms with van der Waals surface area (Å²) in [6.45, 7) is 0.577. The third kappa shape index (κ3) is 2.21. The maximum absolute atomic E-state index is 11.3. The van der Waals surface area contributed by atoms with Gasteiger partial charge in [-0.25, -0.2) is 0 Å². The molecular weight excluding hydrogens is 248 g/mol. The fourth-order valence-electron chi connectivity index (χ4n) is 1.59. The number of benzene rings is 1. The number of fused-ring (bicyclic) bond motifs is 1. The van der Waals surface area contributed by atoms with Crippen LogP contribution in [0, 0.1) is 0 Å². The van der Waals surface area contributed by atoms with Gasteiger partial charge in [-0.2, -0.15) is 0 Å². The van der Waals surface area contributed by atoms with E-state index in [0.29, 0.717) is 12.3 Å². The van der Waals surface area contributed by atoms with Crippen LogP contribution in [-0.2, 0) is 6.42 Å². The molecule has 0 unspecified atom stereocenters. The Kier molecular flexibility index (Phi) is 4.35. The molecular formula is C10H13ClN2O2S. The summed E-state index contributed by atoms with van der Waals surface area (Å²) in [5, 5.41) is 0. The fourth-order valence-corrected chi connectivity index (χ4v) is 2.48. The van der Waals surface area contributed by atoms with Crippen LogP contribution in [0.15, 0.2) is 16.9 Å². The maximum atomic E-state index is 11.3. The number of H-pyrrole nitrogens is 1. The Morgan fingerprint density at radius 1 is 1.50 bits per heavy atom. The molecule has 0 bridgehead atoms. The lowest BCUT2D eigenvalue weighted by molar-refractivity contribution is 0.419. The Hall–Kier alpha value is -1.04. The lowest BCUT2D eigenvalue weighted by Crippen LogP contribution is -2.02. The van der Waals surface area contributed by atoms with E-state index in [1.807, 2.05) is 12.1 Å². The number of thiazole rings is 1. The number of methoxy groups -OCH3 is 1. The molecule has 0 spiro atoms. The molecule has 2 rings (SSSR count). The lowest BCUT2D eigenvalue weighted by atomic mass is 10.1. The largest absolute Gasteiger partial charge is 0.495 e. The van der Waals surface area contributed by atoms with Gasteiger partial charge in [0.15, 0.2) is 0 Å². The standard InChI is InChI=1S/C10H12N2O2S.ClH/c1-14-7-3-2-6(4-5-11)9-8(7)12-10(13)15-9;/h2-3H,4-5,11H2,1H3,(H,12,13);1H. The van der Waals surface area contributed by atoms with Crippen molar-refractivity contribution >= 4 is 34.0 Å². The molecule has 88 valence electrons. The molecule has 3 N–H and O–H groups in total. The maximum Gasteiger partial charge on any atom is 0.305 e. The average molecular weight is 261 g/mol. The third-order valence-corrected chi connectivity index (χ3v) is 3.21. The zero-order valence-electron chi connectivity index (χ0n) is 8.78. The van der Waals surface area contributed by atoms with Crippen molar-refractivity contribution in [2.24, 2.45) is 5.73 Å². The number of ether oxygens (including phenoxy) is 1. The topological polar surface area (TPSA) is 68.1 Å². The van der Waals surface area contributed by atoms with E-state index in [4.69, 9.17) is 10.5 Å². The molecule has 0 radical (unpaired) electrons. The molecule has 1 aromatic carbocycles. The smallest absolute Gasteiger partial charge is 0.305 e. The molecule has 0 amide bonds. The molecule has 2 aromatic rings. The van der Waals surface area contributed by atoms with Crippen LogP contribution in [-0.4, -0.2) is 18.6 Å². The quantitative estimate of drug-likeness (QED) is 0.879. The van der Waals surface area contributed by atoms with Crippen molar-refractivity contribution in [3.05, 3.63) is 27.4 Å². The van der Waals surface area contributed by atoms with E-state index >= 15 is 0 Å². The molecule has 0 aliphatic rings. The first-order valence-electron chi connectivity index (χ1n) is 4.65. The Labute approximate surface area is 103 Å². The Bertz CT molecular complexity index is 535. The molecule has 1 aromatic heterocycles. The predicted octanol–water partition coefficient (Wildman–Crippen LogP) is 1.52. The molecule has 0 atom stereocenters. The predicted molar refractivity (Wildman–Crippen MR) is 69.0 cm³/mol. The zero-order chi connectivity index (χ0) is 10.8. The van der Waals surface area contributed by atoms with E-state index in [0.717, 1.165) is 22.2 Å². The molecule has 0 saturated heterocycles. The molecule has 1 heterocycles. The van der Waals surface area contributed by atoms with Crippen LogP contribution < -0.4 is 15.3 Å². The molecule has 0 aliphatic heterocycles. The second kappa shape index (κ2) is 5.34. The number of nitrogens with one attached hydrogen (secondary N) is 1. The van der Waals surface area contributed by atoms with E-state index in [9.17, 15) is 4.79 Å². The molecule has 0 saturated carbocycles. The van der Waals surface area contributed by atoms with Gasteiger partial charge in [0.2, 0.25) is 0 Å². The average Bonchev–Trinajstić information content (AvgIpc) is 2.61. The van der Waals surface area contributed by atoms with Crippen LogP contribution >= 0.6 is 23.7 Å². The van der Waals surface area contributed by atoms with Gasteiger partial charge in [-0.3, -0.25) is 4.79 Å². The van der Waals surface area contributed by atoms with Crippen molar-refractivity contribution in [2.45, 2.75) is 6.42 Å². The van der Waals surface area contributed by atoms with Gasteiger partial charge in [-0.05, 0) is 24.6 Å². The van der Waals surface area contributed by atoms with Gasteiger partial charge in [0.05, 0.1) is 11.8 Å². The highest BCUT2D eigenvalue weighted by Crippen LogP contribution is 2.28. The van der Waals surface area contributed by atoms with Gasteiger partial charge in [-0.1, -0.05) is 17.4 Å². The van der Waals surface area contributed by atoms with Gasteiger partial charge < -0.3 is 15.5 Å². The SMILES string of the molecule is COc1ccc(CCN)c2sc(=O)[nH]c12.Cl. The second-order valence-corrected chi connectivity index (χ2v) is 4.17. The van der Waals surface area contributed by atoms with Gasteiger partial charge in [-0.15, -0.1) is 12.4 Å². The lowest BCUT2D eigenvalue weighted by Gasteiger charge is -2.04. The van der Waals surface area contributed by atoms with Gasteiger partial charge in [0.1, 0.15) is 11.3 Å². The van der Waals surface area contributed by atoms with Crippen molar-refractivity contribution < 1.29 is 4.74 Å². The molecule has 0 fully saturated rings. The Balaban J connectivity index is 0.00000128. The number of halogens is 1. The number of hydrogen-bond donors (Lipinski definition) is 2. The normalized spacial score (nSPS) is 10.1. The van der Waals surface area contributed by atoms with Gasteiger partial charge in [0.25, 0.3) is 0 Å². The number of hydrogen-bond acceptors (Lipinski definition) is 4. The van der Waals surface area contributed by atoms with E-state index in [1.165, 1.54) is 11.3 Å². The summed E-state index contributed by atoms with van der Waals surface area (Å²) in [5.74, 6) is 0.698. The van der Waals surface area contributed by atoms with Crippen LogP contribution in [0.5, 0.6) is 5.75 Å². The summed E-state index contributed by atoms with van der Waals surface area (Å²) in [6.07, 6.45) is 0.772. The first-order valence-corrected chi connectivity index (χ1v) is 5.46. The molecule has 6 heteroatoms. The van der Waals surface area contributed by atoms with Crippen molar-refractivity contribution in [3.63, 3.8) is 0 Å². The minimum atomic E-state index is -0.0622. The Morgan fingerprint density at radius 2 is 2.25 bits per heavy atom. The number of aromatic amines is 1. The summed E-state index contributed by atoms with van der Waals surface area (Å²) in [5.41, 5.74) is 7.38. The van der Waals surface area contributed by atoms with Crippen LogP contribution in [0.2, 0.25) is 0 Å². The highest BCUT2D eigenvalue weighted by atomic mass is 35.5.